The summed E-state index contributed by atoms with van der Waals surface area (Å²) in [5.74, 6) is 1.19. The number of nitrogens with one attached hydrogen (secondary N) is 2. The molecule has 3 aliphatic rings. The molecule has 1 saturated carbocycles. The number of hydrogen-bond donors (Lipinski definition) is 2. The lowest BCUT2D eigenvalue weighted by Crippen LogP contribution is -2.41. The first-order valence-electron chi connectivity index (χ1n) is 10.7. The molecular weight excluding hydrogens is 404 g/mol. The second-order valence-electron chi connectivity index (χ2n) is 8.47. The molecule has 1 unspecified atom stereocenters. The van der Waals surface area contributed by atoms with Gasteiger partial charge in [0.1, 0.15) is 5.04 Å². The normalized spacial score (nSPS) is 23.9. The number of hydrogen-bond acceptors (Lipinski definition) is 4. The van der Waals surface area contributed by atoms with Crippen molar-refractivity contribution in [2.24, 2.45) is 4.99 Å². The van der Waals surface area contributed by atoms with E-state index in [2.05, 4.69) is 23.3 Å². The van der Waals surface area contributed by atoms with Crippen LogP contribution in [-0.2, 0) is 4.79 Å². The summed E-state index contributed by atoms with van der Waals surface area (Å²) in [6, 6.07) is 7.04. The molecule has 29 heavy (non-hydrogen) atoms. The number of aromatic nitrogens is 1. The van der Waals surface area contributed by atoms with Crippen molar-refractivity contribution >= 4 is 50.9 Å². The van der Waals surface area contributed by atoms with Crippen LogP contribution in [0.15, 0.2) is 23.2 Å². The average molecular weight is 431 g/mol. The van der Waals surface area contributed by atoms with Gasteiger partial charge in [-0.3, -0.25) is 9.79 Å². The second kappa shape index (κ2) is 7.88. The number of aliphatic imine (C=N–C) groups is 1. The van der Waals surface area contributed by atoms with Crippen molar-refractivity contribution in [1.29, 1.82) is 0 Å². The molecule has 5 nitrogen and oxygen atoms in total. The number of amides is 1. The third kappa shape index (κ3) is 3.77. The SMILES string of the molecule is CC([C@@H]1CSC(c2cc3cc(Cl)cc(NC4CCCC4)c3[nH]2)=N1)N1CCCC1=O. The van der Waals surface area contributed by atoms with E-state index in [4.69, 9.17) is 16.6 Å². The standard InChI is InChI=1S/C22H27ClN4OS/c1-13(27-8-4-7-20(27)28)19-12-29-22(26-19)18-10-14-9-15(23)11-17(21(14)25-18)24-16-5-2-3-6-16/h9-11,13,16,19,24-25H,2-8,12H2,1H3/t13?,19-/m0/s1. The Bertz CT molecular complexity index is 965. The van der Waals surface area contributed by atoms with E-state index in [0.717, 1.165) is 51.1 Å². The Hall–Kier alpha value is -1.66. The molecule has 1 aliphatic carbocycles. The van der Waals surface area contributed by atoms with Gasteiger partial charge < -0.3 is 15.2 Å². The first-order valence-corrected chi connectivity index (χ1v) is 12.0. The molecule has 7 heteroatoms. The molecule has 0 spiro atoms. The summed E-state index contributed by atoms with van der Waals surface area (Å²) in [5, 5.41) is 6.59. The van der Waals surface area contributed by atoms with E-state index in [9.17, 15) is 4.79 Å². The molecule has 2 aromatic rings. The third-order valence-corrected chi connectivity index (χ3v) is 7.80. The maximum Gasteiger partial charge on any atom is 0.222 e. The minimum atomic E-state index is 0.156. The third-order valence-electron chi connectivity index (χ3n) is 6.47. The minimum absolute atomic E-state index is 0.156. The predicted octanol–water partition coefficient (Wildman–Crippen LogP) is 5.05. The van der Waals surface area contributed by atoms with E-state index >= 15 is 0 Å². The molecular formula is C22H27ClN4OS. The fourth-order valence-electron chi connectivity index (χ4n) is 4.82. The monoisotopic (exact) mass is 430 g/mol. The van der Waals surface area contributed by atoms with Gasteiger partial charge in [0.05, 0.1) is 29.0 Å². The van der Waals surface area contributed by atoms with Crippen molar-refractivity contribution in [3.63, 3.8) is 0 Å². The van der Waals surface area contributed by atoms with E-state index in [1.54, 1.807) is 11.8 Å². The summed E-state index contributed by atoms with van der Waals surface area (Å²) < 4.78 is 0. The number of H-pyrrole nitrogens is 1. The van der Waals surface area contributed by atoms with Crippen molar-refractivity contribution in [2.75, 3.05) is 17.6 Å². The van der Waals surface area contributed by atoms with Crippen molar-refractivity contribution < 1.29 is 4.79 Å². The molecule has 154 valence electrons. The van der Waals surface area contributed by atoms with Gasteiger partial charge in [-0.25, -0.2) is 0 Å². The molecule has 2 aliphatic heterocycles. The maximum atomic E-state index is 12.1. The van der Waals surface area contributed by atoms with Gasteiger partial charge in [0.25, 0.3) is 0 Å². The number of nitrogens with zero attached hydrogens (tertiary/aromatic N) is 2. The van der Waals surface area contributed by atoms with E-state index in [1.807, 2.05) is 17.0 Å². The molecule has 1 aromatic heterocycles. The lowest BCUT2D eigenvalue weighted by atomic mass is 10.1. The highest BCUT2D eigenvalue weighted by atomic mass is 35.5. The van der Waals surface area contributed by atoms with Crippen LogP contribution in [0.5, 0.6) is 0 Å². The summed E-state index contributed by atoms with van der Waals surface area (Å²) in [4.78, 5) is 22.7. The molecule has 0 radical (unpaired) electrons. The lowest BCUT2D eigenvalue weighted by molar-refractivity contribution is -0.129. The Morgan fingerprint density at radius 3 is 2.86 bits per heavy atom. The van der Waals surface area contributed by atoms with Gasteiger partial charge in [-0.1, -0.05) is 24.4 Å². The van der Waals surface area contributed by atoms with Crippen LogP contribution in [0.4, 0.5) is 5.69 Å². The number of rotatable bonds is 5. The zero-order valence-corrected chi connectivity index (χ0v) is 18.3. The van der Waals surface area contributed by atoms with Gasteiger partial charge in [0.15, 0.2) is 0 Å². The number of thioether (sulfide) groups is 1. The fourth-order valence-corrected chi connectivity index (χ4v) is 6.20. The molecule has 1 amide bonds. The summed E-state index contributed by atoms with van der Waals surface area (Å²) >= 11 is 8.18. The summed E-state index contributed by atoms with van der Waals surface area (Å²) in [6.07, 6.45) is 6.69. The van der Waals surface area contributed by atoms with Crippen molar-refractivity contribution in [3.05, 3.63) is 28.9 Å². The lowest BCUT2D eigenvalue weighted by Gasteiger charge is -2.27. The van der Waals surface area contributed by atoms with Crippen molar-refractivity contribution in [3.8, 4) is 0 Å². The summed E-state index contributed by atoms with van der Waals surface area (Å²) in [6.45, 7) is 3.00. The molecule has 1 saturated heterocycles. The smallest absolute Gasteiger partial charge is 0.222 e. The van der Waals surface area contributed by atoms with Crippen LogP contribution in [0.25, 0.3) is 10.9 Å². The van der Waals surface area contributed by atoms with Gasteiger partial charge in [0, 0.05) is 35.2 Å². The van der Waals surface area contributed by atoms with Gasteiger partial charge in [-0.05, 0) is 44.4 Å². The van der Waals surface area contributed by atoms with Gasteiger partial charge in [-0.15, -0.1) is 11.8 Å². The Labute approximate surface area is 180 Å². The van der Waals surface area contributed by atoms with E-state index in [1.165, 1.54) is 25.7 Å². The predicted molar refractivity (Wildman–Crippen MR) is 122 cm³/mol. The van der Waals surface area contributed by atoms with Crippen LogP contribution in [-0.4, -0.2) is 51.3 Å². The number of fused-ring (bicyclic) bond motifs is 1. The molecule has 1 aromatic carbocycles. The van der Waals surface area contributed by atoms with Gasteiger partial charge >= 0.3 is 0 Å². The van der Waals surface area contributed by atoms with Crippen LogP contribution in [0.1, 0.15) is 51.1 Å². The molecule has 0 bridgehead atoms. The van der Waals surface area contributed by atoms with Crippen LogP contribution in [0, 0.1) is 0 Å². The summed E-state index contributed by atoms with van der Waals surface area (Å²) in [7, 11) is 0. The Kier molecular flexibility index (Phi) is 5.25. The van der Waals surface area contributed by atoms with Crippen molar-refractivity contribution in [1.82, 2.24) is 9.88 Å². The van der Waals surface area contributed by atoms with Crippen LogP contribution in [0.2, 0.25) is 5.02 Å². The maximum absolute atomic E-state index is 12.1. The number of aromatic amines is 1. The highest BCUT2D eigenvalue weighted by Gasteiger charge is 2.33. The van der Waals surface area contributed by atoms with Crippen LogP contribution < -0.4 is 5.32 Å². The molecule has 2 N–H and O–H groups in total. The highest BCUT2D eigenvalue weighted by molar-refractivity contribution is 8.14. The van der Waals surface area contributed by atoms with Gasteiger partial charge in [0.2, 0.25) is 5.91 Å². The zero-order valence-electron chi connectivity index (χ0n) is 16.7. The van der Waals surface area contributed by atoms with Crippen LogP contribution >= 0.6 is 23.4 Å². The Morgan fingerprint density at radius 2 is 2.10 bits per heavy atom. The van der Waals surface area contributed by atoms with E-state index in [-0.39, 0.29) is 18.0 Å². The molecule has 2 atom stereocenters. The first kappa shape index (κ1) is 19.3. The number of carbonyl (C=O) groups is 1. The number of anilines is 1. The fraction of sp³-hybridized carbons (Fsp3) is 0.545. The topological polar surface area (TPSA) is 60.5 Å². The minimum Gasteiger partial charge on any atom is -0.381 e. The molecule has 5 rings (SSSR count). The Morgan fingerprint density at radius 1 is 1.28 bits per heavy atom. The van der Waals surface area contributed by atoms with Gasteiger partial charge in [-0.2, -0.15) is 0 Å². The summed E-state index contributed by atoms with van der Waals surface area (Å²) in [5.41, 5.74) is 3.23. The Balaban J connectivity index is 1.41. The first-order chi connectivity index (χ1) is 14.1. The quantitative estimate of drug-likeness (QED) is 0.697. The molecule has 3 heterocycles. The highest BCUT2D eigenvalue weighted by Crippen LogP contribution is 2.34. The van der Waals surface area contributed by atoms with E-state index < -0.39 is 0 Å². The average Bonchev–Trinajstić information content (AvgIpc) is 3.47. The molecule has 2 fully saturated rings. The zero-order chi connectivity index (χ0) is 20.0. The number of likely N-dealkylation sites (tertiary alicyclic amines) is 1. The van der Waals surface area contributed by atoms with Crippen molar-refractivity contribution in [2.45, 2.75) is 63.6 Å². The number of carbonyl (C=O) groups excluding carboxylic acids is 1. The number of halogens is 1. The second-order valence-corrected chi connectivity index (χ2v) is 9.92. The van der Waals surface area contributed by atoms with E-state index in [0.29, 0.717) is 12.5 Å². The van der Waals surface area contributed by atoms with Crippen LogP contribution in [0.3, 0.4) is 0 Å². The number of benzene rings is 1. The largest absolute Gasteiger partial charge is 0.381 e.